The van der Waals surface area contributed by atoms with E-state index in [0.717, 1.165) is 48.5 Å². The summed E-state index contributed by atoms with van der Waals surface area (Å²) in [5.41, 5.74) is 0. The number of esters is 2. The van der Waals surface area contributed by atoms with Crippen molar-refractivity contribution in [3.05, 3.63) is 12.7 Å². The normalized spacial score (nSPS) is 35.5. The topological polar surface area (TPSA) is 52.6 Å². The zero-order chi connectivity index (χ0) is 19.9. The van der Waals surface area contributed by atoms with Crippen molar-refractivity contribution in [3.8, 4) is 0 Å². The molecule has 3 aliphatic carbocycles. The van der Waals surface area contributed by atoms with Crippen molar-refractivity contribution >= 4 is 11.9 Å². The Hall–Kier alpha value is -1.32. The van der Waals surface area contributed by atoms with Crippen LogP contribution in [-0.4, -0.2) is 25.2 Å². The van der Waals surface area contributed by atoms with Crippen molar-refractivity contribution in [2.75, 3.05) is 13.2 Å². The monoisotopic (exact) mass is 390 g/mol. The van der Waals surface area contributed by atoms with Crippen molar-refractivity contribution in [1.82, 2.24) is 0 Å². The predicted octanol–water partition coefficient (Wildman–Crippen LogP) is 5.31. The predicted molar refractivity (Wildman–Crippen MR) is 110 cm³/mol. The Morgan fingerprint density at radius 1 is 0.821 bits per heavy atom. The first-order valence-electron chi connectivity index (χ1n) is 11.5. The minimum atomic E-state index is -0.428. The van der Waals surface area contributed by atoms with Crippen LogP contribution in [-0.2, 0) is 19.1 Å². The van der Waals surface area contributed by atoms with Gasteiger partial charge in [0.05, 0.1) is 19.1 Å². The van der Waals surface area contributed by atoms with Crippen molar-refractivity contribution < 1.29 is 19.1 Å². The van der Waals surface area contributed by atoms with E-state index in [1.165, 1.54) is 51.4 Å². The minimum Gasteiger partial charge on any atom is -0.465 e. The number of rotatable bonds is 7. The molecule has 158 valence electrons. The summed E-state index contributed by atoms with van der Waals surface area (Å²) in [4.78, 5) is 23.4. The highest BCUT2D eigenvalue weighted by Crippen LogP contribution is 2.49. The van der Waals surface area contributed by atoms with Gasteiger partial charge in [0.2, 0.25) is 0 Å². The van der Waals surface area contributed by atoms with Crippen molar-refractivity contribution in [1.29, 1.82) is 0 Å². The first-order chi connectivity index (χ1) is 13.6. The van der Waals surface area contributed by atoms with Gasteiger partial charge in [0.1, 0.15) is 0 Å². The van der Waals surface area contributed by atoms with Crippen LogP contribution >= 0.6 is 0 Å². The summed E-state index contributed by atoms with van der Waals surface area (Å²) in [6.07, 6.45) is 14.7. The Kier molecular flexibility index (Phi) is 7.99. The molecule has 4 heteroatoms. The maximum Gasteiger partial charge on any atom is 0.330 e. The third-order valence-electron chi connectivity index (χ3n) is 7.66. The molecule has 0 saturated heterocycles. The molecular weight excluding hydrogens is 352 g/mol. The summed E-state index contributed by atoms with van der Waals surface area (Å²) in [5.74, 6) is 4.00. The molecule has 0 aliphatic heterocycles. The zero-order valence-corrected chi connectivity index (χ0v) is 17.6. The number of hydrogen-bond acceptors (Lipinski definition) is 4. The maximum atomic E-state index is 12.4. The van der Waals surface area contributed by atoms with E-state index in [-0.39, 0.29) is 18.5 Å². The average molecular weight is 391 g/mol. The van der Waals surface area contributed by atoms with Gasteiger partial charge < -0.3 is 9.47 Å². The lowest BCUT2D eigenvalue weighted by Crippen LogP contribution is -2.36. The second-order valence-corrected chi connectivity index (χ2v) is 9.52. The van der Waals surface area contributed by atoms with Crippen LogP contribution < -0.4 is 0 Å². The summed E-state index contributed by atoms with van der Waals surface area (Å²) in [7, 11) is 0. The first-order valence-corrected chi connectivity index (χ1v) is 11.5. The molecule has 3 rings (SSSR count). The van der Waals surface area contributed by atoms with Gasteiger partial charge in [0, 0.05) is 12.5 Å². The summed E-state index contributed by atoms with van der Waals surface area (Å²) in [6.45, 7) is 6.36. The molecule has 0 aromatic heterocycles. The second kappa shape index (κ2) is 10.5. The molecule has 0 N–H and O–H groups in total. The van der Waals surface area contributed by atoms with E-state index in [9.17, 15) is 9.59 Å². The Bertz CT molecular complexity index is 535. The molecule has 0 heterocycles. The van der Waals surface area contributed by atoms with Crippen LogP contribution in [0.4, 0.5) is 0 Å². The van der Waals surface area contributed by atoms with E-state index in [0.29, 0.717) is 13.0 Å². The summed E-state index contributed by atoms with van der Waals surface area (Å²) < 4.78 is 10.4. The summed E-state index contributed by atoms with van der Waals surface area (Å²) >= 11 is 0. The lowest BCUT2D eigenvalue weighted by molar-refractivity contribution is -0.151. The van der Waals surface area contributed by atoms with E-state index in [1.54, 1.807) is 0 Å². The van der Waals surface area contributed by atoms with Crippen LogP contribution in [0.3, 0.4) is 0 Å². The third kappa shape index (κ3) is 5.84. The van der Waals surface area contributed by atoms with E-state index >= 15 is 0 Å². The van der Waals surface area contributed by atoms with Crippen molar-refractivity contribution in [2.24, 2.45) is 35.5 Å². The highest BCUT2D eigenvalue weighted by Gasteiger charge is 2.40. The average Bonchev–Trinajstić information content (AvgIpc) is 2.73. The van der Waals surface area contributed by atoms with Gasteiger partial charge in [-0.25, -0.2) is 4.79 Å². The molecule has 0 aromatic rings. The molecule has 4 nitrogen and oxygen atoms in total. The lowest BCUT2D eigenvalue weighted by Gasteiger charge is -2.44. The van der Waals surface area contributed by atoms with Gasteiger partial charge in [-0.3, -0.25) is 4.79 Å². The molecule has 0 aromatic carbocycles. The molecule has 4 unspecified atom stereocenters. The fraction of sp³-hybridized carbons (Fsp3) is 0.833. The molecule has 3 fully saturated rings. The van der Waals surface area contributed by atoms with Gasteiger partial charge in [0.25, 0.3) is 0 Å². The zero-order valence-electron chi connectivity index (χ0n) is 17.6. The number of carbonyl (C=O) groups excluding carboxylic acids is 2. The largest absolute Gasteiger partial charge is 0.465 e. The summed E-state index contributed by atoms with van der Waals surface area (Å²) in [6, 6.07) is 0. The lowest BCUT2D eigenvalue weighted by atomic mass is 9.61. The first kappa shape index (κ1) is 21.4. The smallest absolute Gasteiger partial charge is 0.330 e. The molecule has 0 spiro atoms. The quantitative estimate of drug-likeness (QED) is 0.336. The van der Waals surface area contributed by atoms with E-state index in [4.69, 9.17) is 9.47 Å². The van der Waals surface area contributed by atoms with E-state index in [2.05, 4.69) is 13.5 Å². The molecule has 28 heavy (non-hydrogen) atoms. The number of fused-ring (bicyclic) bond motifs is 1. The Morgan fingerprint density at radius 3 is 2.11 bits per heavy atom. The second-order valence-electron chi connectivity index (χ2n) is 9.52. The van der Waals surface area contributed by atoms with Gasteiger partial charge in [-0.15, -0.1) is 0 Å². The van der Waals surface area contributed by atoms with Gasteiger partial charge in [0.15, 0.2) is 0 Å². The van der Waals surface area contributed by atoms with Crippen LogP contribution in [0.2, 0.25) is 0 Å². The Labute approximate surface area is 170 Å². The fourth-order valence-corrected chi connectivity index (χ4v) is 5.91. The van der Waals surface area contributed by atoms with E-state index in [1.807, 2.05) is 0 Å². The van der Waals surface area contributed by atoms with Crippen LogP contribution in [0.5, 0.6) is 0 Å². The van der Waals surface area contributed by atoms with Crippen LogP contribution in [0, 0.1) is 35.5 Å². The Balaban J connectivity index is 1.35. The van der Waals surface area contributed by atoms with Crippen LogP contribution in [0.15, 0.2) is 12.7 Å². The van der Waals surface area contributed by atoms with Crippen molar-refractivity contribution in [3.63, 3.8) is 0 Å². The molecule has 0 amide bonds. The van der Waals surface area contributed by atoms with Crippen molar-refractivity contribution in [2.45, 2.75) is 77.6 Å². The molecule has 0 bridgehead atoms. The third-order valence-corrected chi connectivity index (χ3v) is 7.66. The van der Waals surface area contributed by atoms with Crippen LogP contribution in [0.1, 0.15) is 77.6 Å². The number of ether oxygens (including phenoxy) is 2. The molecular formula is C24H38O4. The fourth-order valence-electron chi connectivity index (χ4n) is 5.91. The van der Waals surface area contributed by atoms with Gasteiger partial charge in [-0.2, -0.15) is 0 Å². The van der Waals surface area contributed by atoms with Crippen LogP contribution in [0.25, 0.3) is 0 Å². The molecule has 3 saturated carbocycles. The number of hydrogen-bond donors (Lipinski definition) is 0. The Morgan fingerprint density at radius 2 is 1.39 bits per heavy atom. The molecule has 4 atom stereocenters. The SMILES string of the molecule is C=CC(=O)OCCCOC(=O)C1CCC2CC(C3CCC(C)CC3)CCC2C1. The summed E-state index contributed by atoms with van der Waals surface area (Å²) in [5, 5.41) is 0. The molecule has 0 radical (unpaired) electrons. The highest BCUT2D eigenvalue weighted by molar-refractivity contribution is 5.81. The minimum absolute atomic E-state index is 0.0445. The standard InChI is InChI=1S/C24H38O4/c1-3-23(25)27-13-4-14-28-24(26)22-12-11-20-15-19(9-10-21(20)16-22)18-7-5-17(2)6-8-18/h3,17-22H,1,4-16H2,2H3. The van der Waals surface area contributed by atoms with Gasteiger partial charge in [-0.05, 0) is 81.0 Å². The van der Waals surface area contributed by atoms with Gasteiger partial charge in [-0.1, -0.05) is 26.3 Å². The maximum absolute atomic E-state index is 12.4. The molecule has 3 aliphatic rings. The number of carbonyl (C=O) groups is 2. The highest BCUT2D eigenvalue weighted by atomic mass is 16.5. The van der Waals surface area contributed by atoms with E-state index < -0.39 is 5.97 Å². The van der Waals surface area contributed by atoms with Gasteiger partial charge >= 0.3 is 11.9 Å².